The van der Waals surface area contributed by atoms with E-state index in [4.69, 9.17) is 0 Å². The summed E-state index contributed by atoms with van der Waals surface area (Å²) in [5, 5.41) is 14.0. The van der Waals surface area contributed by atoms with Gasteiger partial charge >= 0.3 is 0 Å². The molecule has 2 atom stereocenters. The molecule has 1 saturated carbocycles. The fourth-order valence-electron chi connectivity index (χ4n) is 2.34. The SMILES string of the molecule is CC1CCCCC1Nc1ncc([N+](=O)[O-])cc1Br. The highest BCUT2D eigenvalue weighted by Gasteiger charge is 2.22. The average Bonchev–Trinajstić information content (AvgIpc) is 2.34. The predicted octanol–water partition coefficient (Wildman–Crippen LogP) is 3.74. The highest BCUT2D eigenvalue weighted by atomic mass is 79.9. The Hall–Kier alpha value is -1.17. The first-order valence-corrected chi connectivity index (χ1v) is 6.93. The van der Waals surface area contributed by atoms with Crippen molar-refractivity contribution in [2.45, 2.75) is 38.6 Å². The molecular weight excluding hydrogens is 298 g/mol. The van der Waals surface area contributed by atoms with Gasteiger partial charge in [-0.25, -0.2) is 4.98 Å². The highest BCUT2D eigenvalue weighted by molar-refractivity contribution is 9.10. The fraction of sp³-hybridized carbons (Fsp3) is 0.583. The van der Waals surface area contributed by atoms with Crippen molar-refractivity contribution in [2.75, 3.05) is 5.32 Å². The number of hydrogen-bond acceptors (Lipinski definition) is 4. The summed E-state index contributed by atoms with van der Waals surface area (Å²) in [4.78, 5) is 14.3. The lowest BCUT2D eigenvalue weighted by molar-refractivity contribution is -0.385. The van der Waals surface area contributed by atoms with Crippen LogP contribution in [0.4, 0.5) is 11.5 Å². The molecule has 0 saturated heterocycles. The zero-order valence-corrected chi connectivity index (χ0v) is 11.8. The molecule has 1 N–H and O–H groups in total. The zero-order chi connectivity index (χ0) is 13.1. The van der Waals surface area contributed by atoms with E-state index < -0.39 is 4.92 Å². The number of halogens is 1. The van der Waals surface area contributed by atoms with Gasteiger partial charge in [-0.1, -0.05) is 19.8 Å². The van der Waals surface area contributed by atoms with Gasteiger partial charge in [0.05, 0.1) is 9.40 Å². The number of hydrogen-bond donors (Lipinski definition) is 1. The van der Waals surface area contributed by atoms with Crippen molar-refractivity contribution in [1.29, 1.82) is 0 Å². The number of rotatable bonds is 3. The molecule has 1 heterocycles. The molecule has 2 rings (SSSR count). The Kier molecular flexibility index (Phi) is 4.16. The van der Waals surface area contributed by atoms with Crippen molar-refractivity contribution in [3.8, 4) is 0 Å². The topological polar surface area (TPSA) is 68.1 Å². The molecule has 0 spiro atoms. The van der Waals surface area contributed by atoms with E-state index in [2.05, 4.69) is 33.2 Å². The summed E-state index contributed by atoms with van der Waals surface area (Å²) in [7, 11) is 0. The van der Waals surface area contributed by atoms with Gasteiger partial charge in [0.2, 0.25) is 0 Å². The Morgan fingerprint density at radius 2 is 2.22 bits per heavy atom. The van der Waals surface area contributed by atoms with Crippen molar-refractivity contribution in [3.05, 3.63) is 26.9 Å². The molecule has 0 aliphatic heterocycles. The number of nitro groups is 1. The van der Waals surface area contributed by atoms with Gasteiger partial charge in [-0.2, -0.15) is 0 Å². The minimum absolute atomic E-state index is 0.00381. The van der Waals surface area contributed by atoms with Crippen LogP contribution < -0.4 is 5.32 Å². The third-order valence-corrected chi connectivity index (χ3v) is 4.08. The van der Waals surface area contributed by atoms with Crippen molar-refractivity contribution < 1.29 is 4.92 Å². The van der Waals surface area contributed by atoms with E-state index >= 15 is 0 Å². The Bertz CT molecular complexity index is 453. The van der Waals surface area contributed by atoms with Crippen molar-refractivity contribution in [3.63, 3.8) is 0 Å². The lowest BCUT2D eigenvalue weighted by atomic mass is 9.86. The van der Waals surface area contributed by atoms with E-state index in [-0.39, 0.29) is 5.69 Å². The van der Waals surface area contributed by atoms with Gasteiger partial charge in [-0.05, 0) is 34.7 Å². The molecule has 2 unspecified atom stereocenters. The van der Waals surface area contributed by atoms with Crippen LogP contribution >= 0.6 is 15.9 Å². The Labute approximate surface area is 114 Å². The summed E-state index contributed by atoms with van der Waals surface area (Å²) in [6, 6.07) is 1.90. The standard InChI is InChI=1S/C12H16BrN3O2/c1-8-4-2-3-5-11(8)15-12-10(13)6-9(7-14-12)16(17)18/h6-8,11H,2-5H2,1H3,(H,14,15). The van der Waals surface area contributed by atoms with E-state index in [1.165, 1.54) is 31.5 Å². The lowest BCUT2D eigenvalue weighted by Crippen LogP contribution is -2.30. The van der Waals surface area contributed by atoms with Crippen LogP contribution in [0, 0.1) is 16.0 Å². The molecule has 18 heavy (non-hydrogen) atoms. The first-order chi connectivity index (χ1) is 8.58. The summed E-state index contributed by atoms with van der Waals surface area (Å²) in [6.45, 7) is 2.23. The van der Waals surface area contributed by atoms with Crippen LogP contribution in [0.1, 0.15) is 32.6 Å². The molecule has 1 fully saturated rings. The molecule has 98 valence electrons. The molecule has 1 aromatic heterocycles. The monoisotopic (exact) mass is 313 g/mol. The van der Waals surface area contributed by atoms with E-state index in [9.17, 15) is 10.1 Å². The van der Waals surface area contributed by atoms with Crippen LogP contribution in [-0.2, 0) is 0 Å². The molecule has 0 radical (unpaired) electrons. The maximum atomic E-state index is 10.6. The quantitative estimate of drug-likeness (QED) is 0.681. The number of pyridine rings is 1. The largest absolute Gasteiger partial charge is 0.366 e. The normalized spacial score (nSPS) is 23.7. The van der Waals surface area contributed by atoms with Gasteiger partial charge in [0.25, 0.3) is 5.69 Å². The van der Waals surface area contributed by atoms with E-state index in [0.717, 1.165) is 6.42 Å². The number of nitrogens with one attached hydrogen (secondary N) is 1. The Balaban J connectivity index is 2.11. The van der Waals surface area contributed by atoms with Crippen LogP contribution in [-0.4, -0.2) is 15.9 Å². The average molecular weight is 314 g/mol. The third-order valence-electron chi connectivity index (χ3n) is 3.47. The molecule has 0 aromatic carbocycles. The van der Waals surface area contributed by atoms with Crippen LogP contribution in [0.5, 0.6) is 0 Å². The molecule has 5 nitrogen and oxygen atoms in total. The maximum absolute atomic E-state index is 10.6. The van der Waals surface area contributed by atoms with Crippen LogP contribution in [0.3, 0.4) is 0 Å². The minimum Gasteiger partial charge on any atom is -0.366 e. The van der Waals surface area contributed by atoms with Gasteiger partial charge < -0.3 is 5.32 Å². The minimum atomic E-state index is -0.440. The zero-order valence-electron chi connectivity index (χ0n) is 10.2. The molecule has 6 heteroatoms. The van der Waals surface area contributed by atoms with Crippen molar-refractivity contribution in [2.24, 2.45) is 5.92 Å². The number of nitrogens with zero attached hydrogens (tertiary/aromatic N) is 2. The molecule has 1 aliphatic carbocycles. The smallest absolute Gasteiger partial charge is 0.288 e. The van der Waals surface area contributed by atoms with Crippen LogP contribution in [0.2, 0.25) is 0 Å². The molecule has 0 amide bonds. The molecule has 1 aliphatic rings. The summed E-state index contributed by atoms with van der Waals surface area (Å²) in [5.74, 6) is 1.31. The summed E-state index contributed by atoms with van der Waals surface area (Å²) < 4.78 is 0.648. The van der Waals surface area contributed by atoms with Crippen molar-refractivity contribution >= 4 is 27.4 Å². The molecular formula is C12H16BrN3O2. The summed E-state index contributed by atoms with van der Waals surface area (Å²) in [6.07, 6.45) is 6.16. The highest BCUT2D eigenvalue weighted by Crippen LogP contribution is 2.30. The van der Waals surface area contributed by atoms with E-state index in [1.54, 1.807) is 0 Å². The number of anilines is 1. The first-order valence-electron chi connectivity index (χ1n) is 6.14. The Morgan fingerprint density at radius 3 is 2.83 bits per heavy atom. The molecule has 0 bridgehead atoms. The van der Waals surface area contributed by atoms with E-state index in [1.807, 2.05) is 0 Å². The van der Waals surface area contributed by atoms with Crippen molar-refractivity contribution in [1.82, 2.24) is 4.98 Å². The third kappa shape index (κ3) is 2.98. The summed E-state index contributed by atoms with van der Waals surface area (Å²) >= 11 is 3.33. The van der Waals surface area contributed by atoms with Crippen LogP contribution in [0.15, 0.2) is 16.7 Å². The van der Waals surface area contributed by atoms with Crippen LogP contribution in [0.25, 0.3) is 0 Å². The second-order valence-corrected chi connectivity index (χ2v) is 5.65. The second-order valence-electron chi connectivity index (χ2n) is 4.79. The molecule has 1 aromatic rings. The van der Waals surface area contributed by atoms with Gasteiger partial charge in [0, 0.05) is 12.1 Å². The predicted molar refractivity (Wildman–Crippen MR) is 73.6 cm³/mol. The van der Waals surface area contributed by atoms with Gasteiger partial charge in [-0.3, -0.25) is 10.1 Å². The van der Waals surface area contributed by atoms with Gasteiger partial charge in [0.1, 0.15) is 12.0 Å². The lowest BCUT2D eigenvalue weighted by Gasteiger charge is -2.30. The van der Waals surface area contributed by atoms with E-state index in [0.29, 0.717) is 22.3 Å². The summed E-state index contributed by atoms with van der Waals surface area (Å²) in [5.41, 5.74) is 0.00381. The number of aromatic nitrogens is 1. The first kappa shape index (κ1) is 13.3. The van der Waals surface area contributed by atoms with Gasteiger partial charge in [0.15, 0.2) is 0 Å². The fourth-order valence-corrected chi connectivity index (χ4v) is 2.79. The Morgan fingerprint density at radius 1 is 1.50 bits per heavy atom. The second kappa shape index (κ2) is 5.65. The maximum Gasteiger partial charge on any atom is 0.288 e. The van der Waals surface area contributed by atoms with Gasteiger partial charge in [-0.15, -0.1) is 0 Å².